The van der Waals surface area contributed by atoms with E-state index < -0.39 is 0 Å². The van der Waals surface area contributed by atoms with Gasteiger partial charge in [0.05, 0.1) is 16.8 Å². The van der Waals surface area contributed by atoms with Crippen LogP contribution in [-0.4, -0.2) is 35.8 Å². The highest BCUT2D eigenvalue weighted by Gasteiger charge is 2.32. The Kier molecular flexibility index (Phi) is 3.77. The molecule has 2 aromatic rings. The molecule has 6 nitrogen and oxygen atoms in total. The molecule has 0 atom stereocenters. The first kappa shape index (κ1) is 16.1. The lowest BCUT2D eigenvalue weighted by Gasteiger charge is -2.39. The Balaban J connectivity index is 1.84. The van der Waals surface area contributed by atoms with Gasteiger partial charge in [0.25, 0.3) is 5.56 Å². The summed E-state index contributed by atoms with van der Waals surface area (Å²) in [6, 6.07) is 6.01. The molecule has 1 N–H and O–H groups in total. The van der Waals surface area contributed by atoms with Gasteiger partial charge < -0.3 is 14.6 Å². The quantitative estimate of drug-likeness (QED) is 0.930. The average Bonchev–Trinajstić information content (AvgIpc) is 3.46. The minimum Gasteiger partial charge on any atom is -0.378 e. The Morgan fingerprint density at radius 3 is 2.68 bits per heavy atom. The van der Waals surface area contributed by atoms with Crippen molar-refractivity contribution in [2.45, 2.75) is 44.1 Å². The van der Waals surface area contributed by atoms with Gasteiger partial charge in [-0.2, -0.15) is 5.26 Å². The molecule has 2 aliphatic rings. The second kappa shape index (κ2) is 5.85. The second-order valence-electron chi connectivity index (χ2n) is 7.34. The fraction of sp³-hybridized carbons (Fsp3) is 0.526. The zero-order chi connectivity index (χ0) is 17.6. The summed E-state index contributed by atoms with van der Waals surface area (Å²) in [4.78, 5) is 22.1. The first-order valence-electron chi connectivity index (χ1n) is 8.82. The molecule has 6 heteroatoms. The fourth-order valence-corrected chi connectivity index (χ4v) is 3.59. The van der Waals surface area contributed by atoms with Gasteiger partial charge in [-0.15, -0.1) is 0 Å². The molecule has 130 valence electrons. The zero-order valence-corrected chi connectivity index (χ0v) is 14.6. The van der Waals surface area contributed by atoms with Gasteiger partial charge in [-0.1, -0.05) is 0 Å². The van der Waals surface area contributed by atoms with Gasteiger partial charge in [-0.3, -0.25) is 4.79 Å². The number of anilines is 1. The number of pyridine rings is 2. The predicted octanol–water partition coefficient (Wildman–Crippen LogP) is 2.68. The molecular formula is C19H22N4O2. The molecule has 4 rings (SSSR count). The van der Waals surface area contributed by atoms with Crippen molar-refractivity contribution in [3.05, 3.63) is 33.7 Å². The number of hydrogen-bond acceptors (Lipinski definition) is 5. The topological polar surface area (TPSA) is 82.0 Å². The highest BCUT2D eigenvalue weighted by atomic mass is 16.5. The largest absolute Gasteiger partial charge is 0.378 e. The number of hydrogen-bond donors (Lipinski definition) is 1. The van der Waals surface area contributed by atoms with Crippen molar-refractivity contribution < 1.29 is 4.74 Å². The van der Waals surface area contributed by atoms with Crippen LogP contribution in [0.1, 0.15) is 49.8 Å². The smallest absolute Gasteiger partial charge is 0.268 e. The van der Waals surface area contributed by atoms with E-state index >= 15 is 0 Å². The van der Waals surface area contributed by atoms with Gasteiger partial charge in [0.2, 0.25) is 0 Å². The Morgan fingerprint density at radius 2 is 2.08 bits per heavy atom. The van der Waals surface area contributed by atoms with Gasteiger partial charge in [0.15, 0.2) is 0 Å². The molecule has 1 aliphatic carbocycles. The third kappa shape index (κ3) is 2.79. The molecule has 3 heterocycles. The van der Waals surface area contributed by atoms with Gasteiger partial charge in [0, 0.05) is 31.8 Å². The number of rotatable bonds is 3. The predicted molar refractivity (Wildman–Crippen MR) is 95.9 cm³/mol. The summed E-state index contributed by atoms with van der Waals surface area (Å²) in [5, 5.41) is 9.58. The van der Waals surface area contributed by atoms with Crippen molar-refractivity contribution in [2.24, 2.45) is 0 Å². The molecule has 2 fully saturated rings. The van der Waals surface area contributed by atoms with E-state index in [1.165, 1.54) is 0 Å². The number of ether oxygens (including phenoxy) is 1. The van der Waals surface area contributed by atoms with Crippen LogP contribution in [0.15, 0.2) is 16.9 Å². The lowest BCUT2D eigenvalue weighted by Crippen LogP contribution is -2.44. The van der Waals surface area contributed by atoms with Crippen LogP contribution in [0.5, 0.6) is 0 Å². The van der Waals surface area contributed by atoms with Crippen LogP contribution in [0.2, 0.25) is 0 Å². The van der Waals surface area contributed by atoms with Gasteiger partial charge in [0.1, 0.15) is 17.1 Å². The van der Waals surface area contributed by atoms with Crippen molar-refractivity contribution in [3.63, 3.8) is 0 Å². The van der Waals surface area contributed by atoms with E-state index in [1.807, 2.05) is 12.1 Å². The highest BCUT2D eigenvalue weighted by Crippen LogP contribution is 2.40. The van der Waals surface area contributed by atoms with Crippen LogP contribution < -0.4 is 10.5 Å². The summed E-state index contributed by atoms with van der Waals surface area (Å²) in [7, 11) is 1.74. The summed E-state index contributed by atoms with van der Waals surface area (Å²) < 4.78 is 5.61. The van der Waals surface area contributed by atoms with Crippen molar-refractivity contribution in [2.75, 3.05) is 25.1 Å². The summed E-state index contributed by atoms with van der Waals surface area (Å²) in [6.45, 7) is 3.59. The van der Waals surface area contributed by atoms with Gasteiger partial charge in [-0.25, -0.2) is 4.98 Å². The van der Waals surface area contributed by atoms with E-state index in [1.54, 1.807) is 7.11 Å². The number of fused-ring (bicyclic) bond motifs is 1. The minimum absolute atomic E-state index is 0.146. The van der Waals surface area contributed by atoms with Crippen molar-refractivity contribution in [3.8, 4) is 6.07 Å². The maximum atomic E-state index is 12.4. The molecule has 25 heavy (non-hydrogen) atoms. The number of aromatic nitrogens is 2. The van der Waals surface area contributed by atoms with E-state index in [0.717, 1.165) is 50.0 Å². The molecule has 1 saturated heterocycles. The third-order valence-electron chi connectivity index (χ3n) is 5.59. The summed E-state index contributed by atoms with van der Waals surface area (Å²) >= 11 is 0. The molecule has 0 radical (unpaired) electrons. The third-order valence-corrected chi connectivity index (χ3v) is 5.59. The van der Waals surface area contributed by atoms with E-state index in [2.05, 4.69) is 22.9 Å². The molecule has 1 aliphatic heterocycles. The lowest BCUT2D eigenvalue weighted by molar-refractivity contribution is -0.0132. The summed E-state index contributed by atoms with van der Waals surface area (Å²) in [5.74, 6) is 0.521. The molecular weight excluding hydrogens is 316 g/mol. The maximum absolute atomic E-state index is 12.4. The standard InChI is InChI=1S/C19H22N4O2/c1-19(25-2)7-9-23(10-8-19)17-13(11-20)18(24)22-15-6-5-14(12-3-4-12)21-16(15)17/h5-6,12H,3-4,7-10H2,1-2H3,(H,22,24). The first-order chi connectivity index (χ1) is 12.0. The molecule has 0 aromatic carbocycles. The number of aromatic amines is 1. The Bertz CT molecular complexity index is 915. The SMILES string of the molecule is COC1(C)CCN(c2c(C#N)c(=O)[nH]c3ccc(C4CC4)nc23)CC1. The fourth-order valence-electron chi connectivity index (χ4n) is 3.59. The number of methoxy groups -OCH3 is 1. The monoisotopic (exact) mass is 338 g/mol. The molecule has 1 saturated carbocycles. The van der Waals surface area contributed by atoms with Gasteiger partial charge >= 0.3 is 0 Å². The number of H-pyrrole nitrogens is 1. The number of nitrogens with one attached hydrogen (secondary N) is 1. The number of nitrogens with zero attached hydrogens (tertiary/aromatic N) is 3. The maximum Gasteiger partial charge on any atom is 0.268 e. The van der Waals surface area contributed by atoms with Gasteiger partial charge in [-0.05, 0) is 44.7 Å². The van der Waals surface area contributed by atoms with Crippen LogP contribution >= 0.6 is 0 Å². The lowest BCUT2D eigenvalue weighted by atomic mass is 9.92. The van der Waals surface area contributed by atoms with Crippen molar-refractivity contribution in [1.82, 2.24) is 9.97 Å². The molecule has 0 unspecified atom stereocenters. The first-order valence-corrected chi connectivity index (χ1v) is 8.82. The normalized spacial score (nSPS) is 19.8. The van der Waals surface area contributed by atoms with Crippen LogP contribution in [0.4, 0.5) is 5.69 Å². The highest BCUT2D eigenvalue weighted by molar-refractivity contribution is 5.91. The molecule has 0 spiro atoms. The Hall–Kier alpha value is -2.39. The average molecular weight is 338 g/mol. The van der Waals surface area contributed by atoms with E-state index in [4.69, 9.17) is 9.72 Å². The zero-order valence-electron chi connectivity index (χ0n) is 14.6. The molecule has 2 aromatic heterocycles. The number of nitriles is 1. The van der Waals surface area contributed by atoms with Crippen LogP contribution in [-0.2, 0) is 4.74 Å². The van der Waals surface area contributed by atoms with Crippen LogP contribution in [0.25, 0.3) is 11.0 Å². The minimum atomic E-state index is -0.342. The number of piperidine rings is 1. The molecule has 0 bridgehead atoms. The summed E-state index contributed by atoms with van der Waals surface area (Å²) in [5.41, 5.74) is 2.85. The Morgan fingerprint density at radius 1 is 1.36 bits per heavy atom. The van der Waals surface area contributed by atoms with Crippen LogP contribution in [0, 0.1) is 11.3 Å². The second-order valence-corrected chi connectivity index (χ2v) is 7.34. The van der Waals surface area contributed by atoms with E-state index in [0.29, 0.717) is 17.1 Å². The van der Waals surface area contributed by atoms with Crippen molar-refractivity contribution in [1.29, 1.82) is 5.26 Å². The van der Waals surface area contributed by atoms with Crippen molar-refractivity contribution >= 4 is 16.7 Å². The van der Waals surface area contributed by atoms with Crippen LogP contribution in [0.3, 0.4) is 0 Å². The van der Waals surface area contributed by atoms with E-state index in [9.17, 15) is 10.1 Å². The molecule has 0 amide bonds. The Labute approximate surface area is 146 Å². The van der Waals surface area contributed by atoms with E-state index in [-0.39, 0.29) is 16.7 Å². The summed E-state index contributed by atoms with van der Waals surface area (Å²) in [6.07, 6.45) is 4.03.